The minimum Gasteiger partial charge on any atom is -0.497 e. The van der Waals surface area contributed by atoms with Gasteiger partial charge in [-0.15, -0.1) is 0 Å². The van der Waals surface area contributed by atoms with Crippen molar-refractivity contribution in [3.8, 4) is 17.1 Å². The van der Waals surface area contributed by atoms with Crippen LogP contribution in [-0.2, 0) is 22.0 Å². The molecule has 1 heterocycles. The van der Waals surface area contributed by atoms with Crippen LogP contribution in [0.2, 0.25) is 0 Å². The lowest BCUT2D eigenvalue weighted by Crippen LogP contribution is -2.28. The Morgan fingerprint density at radius 1 is 1.06 bits per heavy atom. The Morgan fingerprint density at radius 3 is 2.16 bits per heavy atom. The van der Waals surface area contributed by atoms with Crippen LogP contribution < -0.4 is 4.74 Å². The zero-order chi connectivity index (χ0) is 23.0. The molecule has 0 aliphatic carbocycles. The monoisotopic (exact) mass is 443 g/mol. The van der Waals surface area contributed by atoms with Crippen molar-refractivity contribution < 1.29 is 17.7 Å². The number of ether oxygens (including phenoxy) is 1. The van der Waals surface area contributed by atoms with E-state index in [0.717, 1.165) is 5.56 Å². The summed E-state index contributed by atoms with van der Waals surface area (Å²) < 4.78 is 38.1. The number of aryl methyl sites for hydroxylation is 2. The van der Waals surface area contributed by atoms with Crippen LogP contribution in [0.25, 0.3) is 11.4 Å². The molecule has 2 aromatic carbocycles. The average molecular weight is 444 g/mol. The molecule has 0 N–H and O–H groups in total. The Balaban J connectivity index is 1.82. The first-order valence-electron chi connectivity index (χ1n) is 9.98. The molecule has 3 rings (SSSR count). The Labute approximate surface area is 184 Å². The van der Waals surface area contributed by atoms with Crippen molar-refractivity contribution in [2.24, 2.45) is 0 Å². The molecule has 0 saturated carbocycles. The first-order valence-corrected chi connectivity index (χ1v) is 11.4. The zero-order valence-electron chi connectivity index (χ0n) is 19.1. The Bertz CT molecular complexity index is 1150. The number of nitrogens with zero attached hydrogens (tertiary/aromatic N) is 3. The summed E-state index contributed by atoms with van der Waals surface area (Å²) in [7, 11) is -0.697. The van der Waals surface area contributed by atoms with Crippen LogP contribution in [0.4, 0.5) is 0 Å². The maximum absolute atomic E-state index is 13.2. The van der Waals surface area contributed by atoms with Crippen molar-refractivity contribution in [2.45, 2.75) is 51.5 Å². The SMILES string of the molecule is COc1cc(C)c(S(=O)(=O)N(C)Cc2nc(-c3ccc(C(C)(C)C)cc3)no2)c(C)c1. The van der Waals surface area contributed by atoms with E-state index in [-0.39, 0.29) is 22.7 Å². The predicted molar refractivity (Wildman–Crippen MR) is 120 cm³/mol. The van der Waals surface area contributed by atoms with Crippen LogP contribution >= 0.6 is 0 Å². The molecule has 0 bridgehead atoms. The third-order valence-electron chi connectivity index (χ3n) is 5.17. The summed E-state index contributed by atoms with van der Waals surface area (Å²) in [6.07, 6.45) is 0. The Morgan fingerprint density at radius 2 is 1.65 bits per heavy atom. The molecule has 0 spiro atoms. The number of methoxy groups -OCH3 is 1. The van der Waals surface area contributed by atoms with Gasteiger partial charge in [-0.1, -0.05) is 50.2 Å². The number of aromatic nitrogens is 2. The molecule has 31 heavy (non-hydrogen) atoms. The van der Waals surface area contributed by atoms with E-state index >= 15 is 0 Å². The van der Waals surface area contributed by atoms with Crippen LogP contribution in [0.15, 0.2) is 45.8 Å². The molecule has 0 atom stereocenters. The van der Waals surface area contributed by atoms with Gasteiger partial charge in [-0.2, -0.15) is 9.29 Å². The van der Waals surface area contributed by atoms with Gasteiger partial charge in [-0.05, 0) is 48.1 Å². The Kier molecular flexibility index (Phi) is 6.25. The molecule has 0 radical (unpaired) electrons. The van der Waals surface area contributed by atoms with Crippen molar-refractivity contribution >= 4 is 10.0 Å². The quantitative estimate of drug-likeness (QED) is 0.558. The summed E-state index contributed by atoms with van der Waals surface area (Å²) in [5, 5.41) is 4.02. The van der Waals surface area contributed by atoms with Crippen molar-refractivity contribution in [3.05, 3.63) is 59.0 Å². The van der Waals surface area contributed by atoms with Gasteiger partial charge in [0.2, 0.25) is 21.7 Å². The van der Waals surface area contributed by atoms with Gasteiger partial charge in [0, 0.05) is 12.6 Å². The van der Waals surface area contributed by atoms with Gasteiger partial charge in [0.25, 0.3) is 0 Å². The van der Waals surface area contributed by atoms with Gasteiger partial charge >= 0.3 is 0 Å². The van der Waals surface area contributed by atoms with Gasteiger partial charge in [0.15, 0.2) is 0 Å². The summed E-state index contributed by atoms with van der Waals surface area (Å²) in [4.78, 5) is 4.65. The molecule has 0 fully saturated rings. The highest BCUT2D eigenvalue weighted by atomic mass is 32.2. The van der Waals surface area contributed by atoms with Gasteiger partial charge in [0.05, 0.1) is 18.6 Å². The lowest BCUT2D eigenvalue weighted by atomic mass is 9.87. The van der Waals surface area contributed by atoms with Gasteiger partial charge < -0.3 is 9.26 Å². The number of hydrogen-bond acceptors (Lipinski definition) is 6. The number of sulfonamides is 1. The predicted octanol–water partition coefficient (Wildman–Crippen LogP) is 4.48. The van der Waals surface area contributed by atoms with E-state index in [0.29, 0.717) is 22.7 Å². The second kappa shape index (κ2) is 8.43. The first kappa shape index (κ1) is 23.0. The van der Waals surface area contributed by atoms with Gasteiger partial charge in [-0.3, -0.25) is 0 Å². The third-order valence-corrected chi connectivity index (χ3v) is 7.28. The van der Waals surface area contributed by atoms with Crippen molar-refractivity contribution in [1.82, 2.24) is 14.4 Å². The zero-order valence-corrected chi connectivity index (χ0v) is 19.9. The highest BCUT2D eigenvalue weighted by Gasteiger charge is 2.27. The van der Waals surface area contributed by atoms with E-state index in [1.165, 1.54) is 16.9 Å². The van der Waals surface area contributed by atoms with Crippen molar-refractivity contribution in [3.63, 3.8) is 0 Å². The number of benzene rings is 2. The highest BCUT2D eigenvalue weighted by Crippen LogP contribution is 2.29. The molecule has 3 aromatic rings. The van der Waals surface area contributed by atoms with E-state index in [2.05, 4.69) is 30.9 Å². The van der Waals surface area contributed by atoms with Crippen LogP contribution in [0.1, 0.15) is 43.4 Å². The van der Waals surface area contributed by atoms with Crippen molar-refractivity contribution in [1.29, 1.82) is 0 Å². The lowest BCUT2D eigenvalue weighted by molar-refractivity contribution is 0.336. The van der Waals surface area contributed by atoms with Gasteiger partial charge in [0.1, 0.15) is 5.75 Å². The molecule has 7 nitrogen and oxygen atoms in total. The molecule has 166 valence electrons. The Hall–Kier alpha value is -2.71. The summed E-state index contributed by atoms with van der Waals surface area (Å²) in [5.74, 6) is 1.28. The van der Waals surface area contributed by atoms with Crippen LogP contribution in [-0.4, -0.2) is 37.0 Å². The van der Waals surface area contributed by atoms with E-state index in [1.54, 1.807) is 33.1 Å². The largest absolute Gasteiger partial charge is 0.497 e. The standard InChI is InChI=1S/C23H29N3O4S/c1-15-12-19(29-7)13-16(2)21(15)31(27,28)26(6)14-20-24-22(25-30-20)17-8-10-18(11-9-17)23(3,4)5/h8-13H,14H2,1-7H3. The molecule has 0 amide bonds. The third kappa shape index (κ3) is 4.80. The van der Waals surface area contributed by atoms with E-state index in [1.807, 2.05) is 24.3 Å². The number of hydrogen-bond donors (Lipinski definition) is 0. The molecule has 0 aliphatic rings. The van der Waals surface area contributed by atoms with Crippen molar-refractivity contribution in [2.75, 3.05) is 14.2 Å². The topological polar surface area (TPSA) is 85.5 Å². The average Bonchev–Trinajstić information content (AvgIpc) is 3.15. The molecule has 1 aromatic heterocycles. The number of rotatable bonds is 6. The fourth-order valence-corrected chi connectivity index (χ4v) is 4.95. The summed E-state index contributed by atoms with van der Waals surface area (Å²) in [5.41, 5.74) is 3.31. The fourth-order valence-electron chi connectivity index (χ4n) is 3.42. The minimum absolute atomic E-state index is 0.0275. The maximum Gasteiger partial charge on any atom is 0.243 e. The maximum atomic E-state index is 13.2. The summed E-state index contributed by atoms with van der Waals surface area (Å²) in [6, 6.07) is 11.4. The van der Waals surface area contributed by atoms with Crippen LogP contribution in [0.3, 0.4) is 0 Å². The highest BCUT2D eigenvalue weighted by molar-refractivity contribution is 7.89. The van der Waals surface area contributed by atoms with Crippen LogP contribution in [0.5, 0.6) is 5.75 Å². The molecule has 8 heteroatoms. The summed E-state index contributed by atoms with van der Waals surface area (Å²) >= 11 is 0. The van der Waals surface area contributed by atoms with Crippen LogP contribution in [0, 0.1) is 13.8 Å². The van der Waals surface area contributed by atoms with Gasteiger partial charge in [-0.25, -0.2) is 8.42 Å². The summed E-state index contributed by atoms with van der Waals surface area (Å²) in [6.45, 7) is 9.93. The molecular formula is C23H29N3O4S. The molecule has 0 unspecified atom stereocenters. The second-order valence-corrected chi connectivity index (χ2v) is 10.7. The second-order valence-electron chi connectivity index (χ2n) is 8.69. The van der Waals surface area contributed by atoms with E-state index in [4.69, 9.17) is 9.26 Å². The van der Waals surface area contributed by atoms with E-state index < -0.39 is 10.0 Å². The molecular weight excluding hydrogens is 414 g/mol. The minimum atomic E-state index is -3.75. The molecule has 0 saturated heterocycles. The molecule has 0 aliphatic heterocycles. The fraction of sp³-hybridized carbons (Fsp3) is 0.391. The first-order chi connectivity index (χ1) is 14.4. The smallest absolute Gasteiger partial charge is 0.243 e. The lowest BCUT2D eigenvalue weighted by Gasteiger charge is -2.19. The van der Waals surface area contributed by atoms with E-state index in [9.17, 15) is 8.42 Å². The normalized spacial score (nSPS) is 12.4.